The lowest BCUT2D eigenvalue weighted by Gasteiger charge is -2.19. The highest BCUT2D eigenvalue weighted by Gasteiger charge is 2.23. The molecule has 0 spiro atoms. The zero-order chi connectivity index (χ0) is 23.9. The van der Waals surface area contributed by atoms with Gasteiger partial charge in [-0.25, -0.2) is 4.98 Å². The van der Waals surface area contributed by atoms with Crippen LogP contribution in [0.25, 0.3) is 66.0 Å². The SMILES string of the molecule is [c]1c(-c2ccccn2)c(-c2cccs2)c(-c2ccc3ccccc3n2)c2c(-c3ccco3)cccc12. The quantitative estimate of drug-likeness (QED) is 0.253. The Morgan fingerprint density at radius 1 is 0.722 bits per heavy atom. The number of rotatable bonds is 4. The molecule has 36 heavy (non-hydrogen) atoms. The molecule has 3 aromatic carbocycles. The third-order valence-corrected chi connectivity index (χ3v) is 7.29. The minimum absolute atomic E-state index is 0.818. The van der Waals surface area contributed by atoms with Crippen LogP contribution in [0.1, 0.15) is 0 Å². The summed E-state index contributed by atoms with van der Waals surface area (Å²) in [5.74, 6) is 0.818. The fraction of sp³-hybridized carbons (Fsp3) is 0. The van der Waals surface area contributed by atoms with Crippen LogP contribution < -0.4 is 0 Å². The highest BCUT2D eigenvalue weighted by molar-refractivity contribution is 7.13. The topological polar surface area (TPSA) is 38.9 Å². The molecule has 0 saturated heterocycles. The highest BCUT2D eigenvalue weighted by Crippen LogP contribution is 2.47. The minimum Gasteiger partial charge on any atom is -0.464 e. The van der Waals surface area contributed by atoms with E-state index in [1.54, 1.807) is 17.6 Å². The summed E-state index contributed by atoms with van der Waals surface area (Å²) < 4.78 is 5.89. The Balaban J connectivity index is 1.69. The first kappa shape index (κ1) is 20.8. The summed E-state index contributed by atoms with van der Waals surface area (Å²) >= 11 is 1.71. The van der Waals surface area contributed by atoms with Gasteiger partial charge in [0.05, 0.1) is 23.2 Å². The van der Waals surface area contributed by atoms with Crippen LogP contribution in [0.2, 0.25) is 0 Å². The van der Waals surface area contributed by atoms with Crippen molar-refractivity contribution in [3.05, 3.63) is 121 Å². The number of benzene rings is 3. The van der Waals surface area contributed by atoms with Gasteiger partial charge in [-0.2, -0.15) is 0 Å². The van der Waals surface area contributed by atoms with Gasteiger partial charge in [-0.1, -0.05) is 54.6 Å². The maximum Gasteiger partial charge on any atom is 0.134 e. The van der Waals surface area contributed by atoms with Gasteiger partial charge >= 0.3 is 0 Å². The molecule has 4 heteroatoms. The number of para-hydroxylation sites is 1. The first-order chi connectivity index (χ1) is 17.9. The van der Waals surface area contributed by atoms with Gasteiger partial charge in [0.25, 0.3) is 0 Å². The van der Waals surface area contributed by atoms with Gasteiger partial charge in [0.15, 0.2) is 0 Å². The third kappa shape index (κ3) is 3.43. The molecule has 0 amide bonds. The second-order valence-corrected chi connectivity index (χ2v) is 9.48. The average Bonchev–Trinajstić information content (AvgIpc) is 3.67. The van der Waals surface area contributed by atoms with Gasteiger partial charge in [0.2, 0.25) is 0 Å². The summed E-state index contributed by atoms with van der Waals surface area (Å²) in [6.45, 7) is 0. The smallest absolute Gasteiger partial charge is 0.134 e. The molecule has 0 aliphatic carbocycles. The van der Waals surface area contributed by atoms with Crippen LogP contribution in [-0.4, -0.2) is 9.97 Å². The second kappa shape index (κ2) is 8.59. The molecule has 0 fully saturated rings. The van der Waals surface area contributed by atoms with E-state index in [2.05, 4.69) is 66.0 Å². The monoisotopic (exact) mass is 479 g/mol. The fourth-order valence-electron chi connectivity index (χ4n) is 4.84. The molecule has 0 saturated carbocycles. The number of thiophene rings is 1. The Kier molecular flexibility index (Phi) is 4.97. The molecule has 0 N–H and O–H groups in total. The fourth-order valence-corrected chi connectivity index (χ4v) is 5.62. The van der Waals surface area contributed by atoms with Crippen LogP contribution in [0.4, 0.5) is 0 Å². The summed E-state index contributed by atoms with van der Waals surface area (Å²) in [5, 5.41) is 5.28. The van der Waals surface area contributed by atoms with Crippen LogP contribution in [0.3, 0.4) is 0 Å². The Hall–Kier alpha value is -4.54. The lowest BCUT2D eigenvalue weighted by molar-refractivity contribution is 0.583. The third-order valence-electron chi connectivity index (χ3n) is 6.40. The molecule has 169 valence electrons. The maximum absolute atomic E-state index is 5.89. The summed E-state index contributed by atoms with van der Waals surface area (Å²) in [5.41, 5.74) is 6.88. The summed E-state index contributed by atoms with van der Waals surface area (Å²) in [4.78, 5) is 11.0. The van der Waals surface area contributed by atoms with Gasteiger partial charge in [0, 0.05) is 50.2 Å². The summed E-state index contributed by atoms with van der Waals surface area (Å²) in [6, 6.07) is 36.7. The average molecular weight is 480 g/mol. The highest BCUT2D eigenvalue weighted by atomic mass is 32.1. The van der Waals surface area contributed by atoms with Gasteiger partial charge in [0.1, 0.15) is 5.76 Å². The molecular weight excluding hydrogens is 460 g/mol. The molecular formula is C32H19N2OS. The molecule has 7 aromatic rings. The number of hydrogen-bond acceptors (Lipinski definition) is 4. The van der Waals surface area contributed by atoms with E-state index in [0.29, 0.717) is 0 Å². The standard InChI is InChI=1S/C32H19N2OS/c1-2-11-25-21(8-1)15-16-27(34-25)32-30-22(9-5-10-23(30)28-13-6-18-35-28)20-24(26-12-3-4-17-33-26)31(32)29-14-7-19-36-29/h1-19H. The van der Waals surface area contributed by atoms with Crippen molar-refractivity contribution in [2.24, 2.45) is 0 Å². The van der Waals surface area contributed by atoms with Crippen LogP contribution in [0, 0.1) is 6.07 Å². The van der Waals surface area contributed by atoms with Crippen molar-refractivity contribution in [3.8, 4) is 44.3 Å². The van der Waals surface area contributed by atoms with Crippen molar-refractivity contribution in [2.75, 3.05) is 0 Å². The van der Waals surface area contributed by atoms with E-state index in [1.807, 2.05) is 48.7 Å². The first-order valence-corrected chi connectivity index (χ1v) is 12.6. The number of fused-ring (bicyclic) bond motifs is 2. The number of furan rings is 1. The Morgan fingerprint density at radius 2 is 1.67 bits per heavy atom. The molecule has 0 atom stereocenters. The zero-order valence-electron chi connectivity index (χ0n) is 19.2. The molecule has 7 rings (SSSR count). The van der Waals surface area contributed by atoms with E-state index < -0.39 is 0 Å². The Bertz CT molecular complexity index is 1820. The number of aromatic nitrogens is 2. The molecule has 1 radical (unpaired) electrons. The van der Waals surface area contributed by atoms with Gasteiger partial charge in [-0.15, -0.1) is 11.3 Å². The summed E-state index contributed by atoms with van der Waals surface area (Å²) in [6.07, 6.45) is 3.55. The van der Waals surface area contributed by atoms with Crippen LogP contribution in [0.15, 0.2) is 119 Å². The van der Waals surface area contributed by atoms with Crippen molar-refractivity contribution in [2.45, 2.75) is 0 Å². The minimum atomic E-state index is 0.818. The second-order valence-electron chi connectivity index (χ2n) is 8.54. The van der Waals surface area contributed by atoms with Crippen molar-refractivity contribution in [3.63, 3.8) is 0 Å². The molecule has 0 unspecified atom stereocenters. The molecule has 4 heterocycles. The van der Waals surface area contributed by atoms with Crippen LogP contribution >= 0.6 is 11.3 Å². The van der Waals surface area contributed by atoms with E-state index in [1.165, 1.54) is 0 Å². The normalized spacial score (nSPS) is 11.3. The number of hydrogen-bond donors (Lipinski definition) is 0. The summed E-state index contributed by atoms with van der Waals surface area (Å²) in [7, 11) is 0. The molecule has 0 aliphatic rings. The van der Waals surface area contributed by atoms with Gasteiger partial charge < -0.3 is 4.42 Å². The lowest BCUT2D eigenvalue weighted by atomic mass is 9.86. The molecule has 4 aromatic heterocycles. The lowest BCUT2D eigenvalue weighted by Crippen LogP contribution is -1.96. The van der Waals surface area contributed by atoms with Crippen molar-refractivity contribution >= 4 is 33.0 Å². The first-order valence-electron chi connectivity index (χ1n) is 11.7. The van der Waals surface area contributed by atoms with Crippen molar-refractivity contribution in [1.29, 1.82) is 0 Å². The zero-order valence-corrected chi connectivity index (χ0v) is 20.0. The van der Waals surface area contributed by atoms with E-state index in [-0.39, 0.29) is 0 Å². The Labute approximate surface area is 212 Å². The molecule has 3 nitrogen and oxygen atoms in total. The van der Waals surface area contributed by atoms with E-state index in [9.17, 15) is 0 Å². The predicted molar refractivity (Wildman–Crippen MR) is 148 cm³/mol. The predicted octanol–water partition coefficient (Wildman–Crippen LogP) is 8.91. The van der Waals surface area contributed by atoms with Crippen molar-refractivity contribution < 1.29 is 4.42 Å². The van der Waals surface area contributed by atoms with E-state index >= 15 is 0 Å². The van der Waals surface area contributed by atoms with Gasteiger partial charge in [-0.3, -0.25) is 4.98 Å². The van der Waals surface area contributed by atoms with Gasteiger partial charge in [-0.05, 0) is 53.2 Å². The number of pyridine rings is 2. The number of nitrogens with zero attached hydrogens (tertiary/aromatic N) is 2. The Morgan fingerprint density at radius 3 is 2.50 bits per heavy atom. The van der Waals surface area contributed by atoms with E-state index in [4.69, 9.17) is 14.4 Å². The largest absolute Gasteiger partial charge is 0.464 e. The maximum atomic E-state index is 5.89. The van der Waals surface area contributed by atoms with E-state index in [0.717, 1.165) is 66.0 Å². The van der Waals surface area contributed by atoms with Crippen LogP contribution in [-0.2, 0) is 0 Å². The molecule has 0 aliphatic heterocycles. The van der Waals surface area contributed by atoms with Crippen LogP contribution in [0.5, 0.6) is 0 Å². The molecule has 0 bridgehead atoms. The van der Waals surface area contributed by atoms with Crippen molar-refractivity contribution in [1.82, 2.24) is 9.97 Å².